The highest BCUT2D eigenvalue weighted by Gasteiger charge is 2.16. The van der Waals surface area contributed by atoms with Gasteiger partial charge in [0.25, 0.3) is 0 Å². The molecule has 2 aromatic carbocycles. The highest BCUT2D eigenvalue weighted by atomic mass is 16.1. The maximum absolute atomic E-state index is 11.6. The number of fused-ring (bicyclic) bond motifs is 2. The number of imidazole rings is 1. The minimum atomic E-state index is -0.0715. The van der Waals surface area contributed by atoms with E-state index in [0.29, 0.717) is 23.7 Å². The first kappa shape index (κ1) is 21.7. The van der Waals surface area contributed by atoms with Crippen LogP contribution in [0.15, 0.2) is 73.1 Å². The molecule has 36 heavy (non-hydrogen) atoms. The zero-order valence-electron chi connectivity index (χ0n) is 19.8. The second-order valence-electron chi connectivity index (χ2n) is 8.68. The van der Waals surface area contributed by atoms with Gasteiger partial charge in [0.2, 0.25) is 5.91 Å². The number of para-hydroxylation sites is 1. The number of nitrogens with zero attached hydrogens (tertiary/aromatic N) is 4. The predicted molar refractivity (Wildman–Crippen MR) is 141 cm³/mol. The number of amides is 1. The number of H-pyrrole nitrogens is 2. The number of rotatable bonds is 5. The van der Waals surface area contributed by atoms with E-state index >= 15 is 0 Å². The monoisotopic (exact) mass is 473 g/mol. The van der Waals surface area contributed by atoms with Crippen LogP contribution in [-0.4, -0.2) is 36.0 Å². The number of aromatic nitrogens is 6. The lowest BCUT2D eigenvalue weighted by Crippen LogP contribution is -2.10. The number of aryl methyl sites for hydroxylation is 1. The van der Waals surface area contributed by atoms with Gasteiger partial charge in [0, 0.05) is 35.5 Å². The van der Waals surface area contributed by atoms with Gasteiger partial charge < -0.3 is 10.3 Å². The Morgan fingerprint density at radius 1 is 0.944 bits per heavy atom. The molecule has 8 heteroatoms. The first-order valence-electron chi connectivity index (χ1n) is 11.8. The second kappa shape index (κ2) is 8.74. The van der Waals surface area contributed by atoms with Crippen LogP contribution >= 0.6 is 0 Å². The van der Waals surface area contributed by atoms with Crippen molar-refractivity contribution in [3.63, 3.8) is 0 Å². The molecule has 6 rings (SSSR count). The molecular formula is C28H23N7O. The minimum absolute atomic E-state index is 0.0715. The number of hydrogen-bond donors (Lipinski definition) is 3. The number of pyridine rings is 2. The SMILES string of the molecule is CCC(=O)Nc1ccc(-c2cnc3n[nH]c(-c4nc5c(-c6cccc(C)c6)cccc5[nH]4)c3c2)cn1. The van der Waals surface area contributed by atoms with Crippen LogP contribution in [0.3, 0.4) is 0 Å². The highest BCUT2D eigenvalue weighted by molar-refractivity contribution is 5.97. The maximum atomic E-state index is 11.6. The first-order chi connectivity index (χ1) is 17.6. The van der Waals surface area contributed by atoms with E-state index in [9.17, 15) is 4.79 Å². The number of carbonyl (C=O) groups excluding carboxylic acids is 1. The lowest BCUT2D eigenvalue weighted by Gasteiger charge is -2.05. The number of carbonyl (C=O) groups is 1. The van der Waals surface area contributed by atoms with Crippen molar-refractivity contribution in [1.82, 2.24) is 30.1 Å². The molecule has 0 spiro atoms. The van der Waals surface area contributed by atoms with Crippen molar-refractivity contribution in [3.8, 4) is 33.8 Å². The van der Waals surface area contributed by atoms with Gasteiger partial charge in [-0.2, -0.15) is 5.10 Å². The molecule has 0 fully saturated rings. The summed E-state index contributed by atoms with van der Waals surface area (Å²) < 4.78 is 0. The summed E-state index contributed by atoms with van der Waals surface area (Å²) in [7, 11) is 0. The van der Waals surface area contributed by atoms with Gasteiger partial charge in [-0.15, -0.1) is 0 Å². The van der Waals surface area contributed by atoms with E-state index in [4.69, 9.17) is 4.98 Å². The Labute approximate surface area is 206 Å². The number of benzene rings is 2. The molecule has 0 radical (unpaired) electrons. The van der Waals surface area contributed by atoms with Crippen molar-refractivity contribution >= 4 is 33.8 Å². The molecule has 0 unspecified atom stereocenters. The summed E-state index contributed by atoms with van der Waals surface area (Å²) in [5.74, 6) is 1.15. The van der Waals surface area contributed by atoms with Crippen molar-refractivity contribution in [2.75, 3.05) is 5.32 Å². The summed E-state index contributed by atoms with van der Waals surface area (Å²) in [6, 6.07) is 20.3. The van der Waals surface area contributed by atoms with Crippen molar-refractivity contribution < 1.29 is 4.79 Å². The number of nitrogens with one attached hydrogen (secondary N) is 3. The molecule has 6 aromatic rings. The number of anilines is 1. The normalized spacial score (nSPS) is 11.3. The molecule has 0 saturated carbocycles. The predicted octanol–water partition coefficient (Wildman–Crippen LogP) is 5.89. The van der Waals surface area contributed by atoms with E-state index in [1.54, 1.807) is 25.4 Å². The molecule has 3 N–H and O–H groups in total. The Morgan fingerprint density at radius 2 is 1.81 bits per heavy atom. The third-order valence-electron chi connectivity index (χ3n) is 6.17. The first-order valence-corrected chi connectivity index (χ1v) is 11.8. The van der Waals surface area contributed by atoms with Crippen LogP contribution in [0.4, 0.5) is 5.82 Å². The molecule has 0 aliphatic heterocycles. The lowest BCUT2D eigenvalue weighted by atomic mass is 10.0. The molecule has 4 heterocycles. The molecule has 8 nitrogen and oxygen atoms in total. The smallest absolute Gasteiger partial charge is 0.225 e. The molecule has 0 atom stereocenters. The summed E-state index contributed by atoms with van der Waals surface area (Å²) >= 11 is 0. The van der Waals surface area contributed by atoms with Gasteiger partial charge in [0.1, 0.15) is 11.5 Å². The Bertz CT molecular complexity index is 1730. The van der Waals surface area contributed by atoms with E-state index in [2.05, 4.69) is 67.7 Å². The van der Waals surface area contributed by atoms with Crippen molar-refractivity contribution in [3.05, 3.63) is 78.6 Å². The van der Waals surface area contributed by atoms with Crippen LogP contribution in [0.5, 0.6) is 0 Å². The van der Waals surface area contributed by atoms with Crippen LogP contribution in [0, 0.1) is 6.92 Å². The third kappa shape index (κ3) is 3.88. The second-order valence-corrected chi connectivity index (χ2v) is 8.68. The largest absolute Gasteiger partial charge is 0.337 e. The van der Waals surface area contributed by atoms with Crippen LogP contribution in [0.2, 0.25) is 0 Å². The van der Waals surface area contributed by atoms with Gasteiger partial charge in [-0.05, 0) is 36.8 Å². The van der Waals surface area contributed by atoms with E-state index in [-0.39, 0.29) is 5.91 Å². The summed E-state index contributed by atoms with van der Waals surface area (Å²) in [6.07, 6.45) is 3.90. The van der Waals surface area contributed by atoms with Crippen LogP contribution in [0.25, 0.3) is 55.8 Å². The van der Waals surface area contributed by atoms with Gasteiger partial charge in [-0.1, -0.05) is 48.9 Å². The van der Waals surface area contributed by atoms with Crippen LogP contribution in [-0.2, 0) is 4.79 Å². The maximum Gasteiger partial charge on any atom is 0.225 e. The molecule has 0 bridgehead atoms. The third-order valence-corrected chi connectivity index (χ3v) is 6.17. The van der Waals surface area contributed by atoms with Crippen molar-refractivity contribution in [2.45, 2.75) is 20.3 Å². The fraction of sp³-hybridized carbons (Fsp3) is 0.107. The Hall–Kier alpha value is -4.85. The van der Waals surface area contributed by atoms with Crippen LogP contribution in [0.1, 0.15) is 18.9 Å². The van der Waals surface area contributed by atoms with Crippen molar-refractivity contribution in [1.29, 1.82) is 0 Å². The average molecular weight is 474 g/mol. The summed E-state index contributed by atoms with van der Waals surface area (Å²) in [5, 5.41) is 11.1. The zero-order chi connectivity index (χ0) is 24.6. The molecule has 1 amide bonds. The quantitative estimate of drug-likeness (QED) is 0.289. The lowest BCUT2D eigenvalue weighted by molar-refractivity contribution is -0.115. The fourth-order valence-electron chi connectivity index (χ4n) is 4.30. The van der Waals surface area contributed by atoms with E-state index in [1.165, 1.54) is 5.56 Å². The summed E-state index contributed by atoms with van der Waals surface area (Å²) in [4.78, 5) is 28.9. The molecule has 0 aliphatic rings. The van der Waals surface area contributed by atoms with Gasteiger partial charge in [0.05, 0.1) is 16.4 Å². The van der Waals surface area contributed by atoms with E-state index < -0.39 is 0 Å². The molecule has 0 saturated heterocycles. The number of hydrogen-bond acceptors (Lipinski definition) is 5. The molecule has 176 valence electrons. The Kier molecular flexibility index (Phi) is 5.26. The molecule has 4 aromatic heterocycles. The topological polar surface area (TPSA) is 112 Å². The number of aromatic amines is 2. The zero-order valence-corrected chi connectivity index (χ0v) is 19.8. The minimum Gasteiger partial charge on any atom is -0.337 e. The Morgan fingerprint density at radius 3 is 2.61 bits per heavy atom. The summed E-state index contributed by atoms with van der Waals surface area (Å²) in [6.45, 7) is 3.89. The molecule has 0 aliphatic carbocycles. The fourth-order valence-corrected chi connectivity index (χ4v) is 4.30. The van der Waals surface area contributed by atoms with Crippen molar-refractivity contribution in [2.24, 2.45) is 0 Å². The standard InChI is InChI=1S/C28H23N7O/c1-3-24(36)32-23-11-10-18(14-29-23)19-13-21-26(34-35-27(21)30-15-19)28-31-22-9-5-8-20(25(22)33-28)17-7-4-6-16(2)12-17/h4-15H,3H2,1-2H3,(H,31,33)(H,29,32,36)(H,30,34,35). The molecular weight excluding hydrogens is 450 g/mol. The van der Waals surface area contributed by atoms with Crippen LogP contribution < -0.4 is 5.32 Å². The van der Waals surface area contributed by atoms with Gasteiger partial charge in [0.15, 0.2) is 11.5 Å². The van der Waals surface area contributed by atoms with E-state index in [1.807, 2.05) is 24.3 Å². The van der Waals surface area contributed by atoms with E-state index in [0.717, 1.165) is 44.4 Å². The average Bonchev–Trinajstić information content (AvgIpc) is 3.52. The highest BCUT2D eigenvalue weighted by Crippen LogP contribution is 2.32. The Balaban J connectivity index is 1.40. The van der Waals surface area contributed by atoms with Gasteiger partial charge >= 0.3 is 0 Å². The summed E-state index contributed by atoms with van der Waals surface area (Å²) in [5.41, 5.74) is 8.40. The van der Waals surface area contributed by atoms with Gasteiger partial charge in [-0.25, -0.2) is 15.0 Å². The van der Waals surface area contributed by atoms with Gasteiger partial charge in [-0.3, -0.25) is 9.89 Å².